The minimum atomic E-state index is 0. The van der Waals surface area contributed by atoms with Gasteiger partial charge in [0.1, 0.15) is 0 Å². The molecule has 3 N–H and O–H groups in total. The van der Waals surface area contributed by atoms with Gasteiger partial charge in [0.05, 0.1) is 6.33 Å². The van der Waals surface area contributed by atoms with Crippen molar-refractivity contribution >= 4 is 41.5 Å². The van der Waals surface area contributed by atoms with Crippen molar-refractivity contribution in [3.05, 3.63) is 83.9 Å². The van der Waals surface area contributed by atoms with Gasteiger partial charge >= 0.3 is 0 Å². The Morgan fingerprint density at radius 1 is 1.16 bits per heavy atom. The van der Waals surface area contributed by atoms with Crippen LogP contribution in [0.5, 0.6) is 0 Å². The molecule has 1 unspecified atom stereocenters. The predicted octanol–water partition coefficient (Wildman–Crippen LogP) is 3.34. The van der Waals surface area contributed by atoms with E-state index in [1.165, 1.54) is 11.1 Å². The topological polar surface area (TPSA) is 83.3 Å². The van der Waals surface area contributed by atoms with Crippen LogP contribution in [0, 0.1) is 0 Å². The van der Waals surface area contributed by atoms with Gasteiger partial charge < -0.3 is 20.5 Å². The fourth-order valence-electron chi connectivity index (χ4n) is 3.66. The Balaban J connectivity index is 0.00000272. The summed E-state index contributed by atoms with van der Waals surface area (Å²) in [5.74, 6) is 0.899. The average Bonchev–Trinajstić information content (AvgIpc) is 3.28. The number of carbonyl (C=O) groups excluding carboxylic acids is 1. The molecular formula is C23H27IN6O. The van der Waals surface area contributed by atoms with Gasteiger partial charge in [-0.1, -0.05) is 42.5 Å². The number of hydrogen-bond acceptors (Lipinski definition) is 3. The van der Waals surface area contributed by atoms with Gasteiger partial charge in [-0.2, -0.15) is 0 Å². The second-order valence-electron chi connectivity index (χ2n) is 7.39. The van der Waals surface area contributed by atoms with E-state index >= 15 is 0 Å². The molecule has 2 heterocycles. The third-order valence-electron chi connectivity index (χ3n) is 5.25. The predicted molar refractivity (Wildman–Crippen MR) is 134 cm³/mol. The number of aliphatic imine (C=N–C) groups is 1. The van der Waals surface area contributed by atoms with Crippen LogP contribution in [0.1, 0.15) is 29.0 Å². The number of rotatable bonds is 6. The third kappa shape index (κ3) is 6.06. The minimum Gasteiger partial charge on any atom is -0.356 e. The van der Waals surface area contributed by atoms with E-state index in [-0.39, 0.29) is 35.8 Å². The molecule has 7 nitrogen and oxygen atoms in total. The molecule has 0 fully saturated rings. The van der Waals surface area contributed by atoms with E-state index in [9.17, 15) is 4.79 Å². The van der Waals surface area contributed by atoms with Crippen molar-refractivity contribution in [3.63, 3.8) is 0 Å². The SMILES string of the molecule is CN=C(NCc1ccc(Cn2ccnc2)cc1)NCC1CC(=O)Nc2ccccc21.I. The number of carbonyl (C=O) groups is 1. The Bertz CT molecular complexity index is 1020. The molecule has 0 aliphatic carbocycles. The molecule has 162 valence electrons. The molecule has 1 atom stereocenters. The molecule has 1 aliphatic heterocycles. The number of benzene rings is 2. The van der Waals surface area contributed by atoms with E-state index in [0.29, 0.717) is 19.5 Å². The highest BCUT2D eigenvalue weighted by Crippen LogP contribution is 2.31. The standard InChI is InChI=1S/C23H26N6O.HI/c1-24-23(27-14-19-12-22(30)28-21-5-3-2-4-20(19)21)26-13-17-6-8-18(9-7-17)15-29-11-10-25-16-29;/h2-11,16,19H,12-15H2,1H3,(H,28,30)(H2,24,26,27);1H. The number of imidazole rings is 1. The van der Waals surface area contributed by atoms with Crippen molar-refractivity contribution in [2.24, 2.45) is 4.99 Å². The highest BCUT2D eigenvalue weighted by molar-refractivity contribution is 14.0. The van der Waals surface area contributed by atoms with E-state index in [1.54, 1.807) is 13.2 Å². The van der Waals surface area contributed by atoms with E-state index < -0.39 is 0 Å². The number of nitrogens with one attached hydrogen (secondary N) is 3. The highest BCUT2D eigenvalue weighted by Gasteiger charge is 2.24. The molecule has 1 amide bonds. The first-order valence-corrected chi connectivity index (χ1v) is 10.1. The summed E-state index contributed by atoms with van der Waals surface area (Å²) in [6.07, 6.45) is 6.04. The van der Waals surface area contributed by atoms with E-state index in [0.717, 1.165) is 23.8 Å². The molecule has 0 saturated carbocycles. The van der Waals surface area contributed by atoms with Crippen LogP contribution in [0.4, 0.5) is 5.69 Å². The molecule has 1 aromatic heterocycles. The summed E-state index contributed by atoms with van der Waals surface area (Å²) in [5.41, 5.74) is 4.47. The number of para-hydroxylation sites is 1. The van der Waals surface area contributed by atoms with Gasteiger partial charge in [-0.3, -0.25) is 9.79 Å². The molecule has 4 rings (SSSR count). The van der Waals surface area contributed by atoms with Crippen LogP contribution in [-0.2, 0) is 17.9 Å². The summed E-state index contributed by atoms with van der Waals surface area (Å²) in [4.78, 5) is 20.4. The lowest BCUT2D eigenvalue weighted by atomic mass is 9.90. The summed E-state index contributed by atoms with van der Waals surface area (Å²) in [5, 5.41) is 9.65. The molecule has 0 radical (unpaired) electrons. The number of anilines is 1. The normalized spacial score (nSPS) is 15.5. The van der Waals surface area contributed by atoms with Gasteiger partial charge in [0.2, 0.25) is 5.91 Å². The first-order chi connectivity index (χ1) is 14.7. The fraction of sp³-hybridized carbons (Fsp3) is 0.261. The van der Waals surface area contributed by atoms with Crippen molar-refractivity contribution < 1.29 is 4.79 Å². The van der Waals surface area contributed by atoms with Crippen LogP contribution >= 0.6 is 24.0 Å². The second-order valence-corrected chi connectivity index (χ2v) is 7.39. The zero-order valence-corrected chi connectivity index (χ0v) is 19.7. The highest BCUT2D eigenvalue weighted by atomic mass is 127. The number of fused-ring (bicyclic) bond motifs is 1. The molecule has 2 aromatic carbocycles. The van der Waals surface area contributed by atoms with Crippen molar-refractivity contribution in [2.75, 3.05) is 18.9 Å². The van der Waals surface area contributed by atoms with Gasteiger partial charge in [0.15, 0.2) is 5.96 Å². The number of guanidine groups is 1. The minimum absolute atomic E-state index is 0. The monoisotopic (exact) mass is 530 g/mol. The summed E-state index contributed by atoms with van der Waals surface area (Å²) in [7, 11) is 1.76. The third-order valence-corrected chi connectivity index (χ3v) is 5.25. The Morgan fingerprint density at radius 3 is 2.68 bits per heavy atom. The van der Waals surface area contributed by atoms with Gasteiger partial charge in [-0.05, 0) is 22.8 Å². The summed E-state index contributed by atoms with van der Waals surface area (Å²) >= 11 is 0. The zero-order valence-electron chi connectivity index (χ0n) is 17.4. The van der Waals surface area contributed by atoms with Gasteiger partial charge in [-0.15, -0.1) is 24.0 Å². The lowest BCUT2D eigenvalue weighted by Crippen LogP contribution is -2.40. The average molecular weight is 530 g/mol. The summed E-state index contributed by atoms with van der Waals surface area (Å²) in [6, 6.07) is 16.5. The van der Waals surface area contributed by atoms with E-state index in [1.807, 2.05) is 35.3 Å². The smallest absolute Gasteiger partial charge is 0.225 e. The quantitative estimate of drug-likeness (QED) is 0.260. The van der Waals surface area contributed by atoms with E-state index in [2.05, 4.69) is 56.3 Å². The Labute approximate surface area is 199 Å². The first kappa shape index (κ1) is 22.8. The Kier molecular flexibility index (Phi) is 8.05. The van der Waals surface area contributed by atoms with Crippen LogP contribution in [0.15, 0.2) is 72.2 Å². The maximum absolute atomic E-state index is 12.0. The largest absolute Gasteiger partial charge is 0.356 e. The van der Waals surface area contributed by atoms with Crippen molar-refractivity contribution in [2.45, 2.75) is 25.4 Å². The van der Waals surface area contributed by atoms with Crippen molar-refractivity contribution in [1.82, 2.24) is 20.2 Å². The molecular weight excluding hydrogens is 503 g/mol. The van der Waals surface area contributed by atoms with Crippen LogP contribution in [0.2, 0.25) is 0 Å². The summed E-state index contributed by atoms with van der Waals surface area (Å²) < 4.78 is 2.04. The molecule has 8 heteroatoms. The molecule has 0 saturated heterocycles. The maximum Gasteiger partial charge on any atom is 0.225 e. The number of aromatic nitrogens is 2. The number of hydrogen-bond donors (Lipinski definition) is 3. The lowest BCUT2D eigenvalue weighted by Gasteiger charge is -2.26. The van der Waals surface area contributed by atoms with Crippen molar-refractivity contribution in [3.8, 4) is 0 Å². The van der Waals surface area contributed by atoms with E-state index in [4.69, 9.17) is 0 Å². The molecule has 0 bridgehead atoms. The Hall–Kier alpha value is -2.88. The van der Waals surface area contributed by atoms with Gasteiger partial charge in [0.25, 0.3) is 0 Å². The molecule has 0 spiro atoms. The maximum atomic E-state index is 12.0. The first-order valence-electron chi connectivity index (χ1n) is 10.1. The zero-order chi connectivity index (χ0) is 20.8. The Morgan fingerprint density at radius 2 is 1.94 bits per heavy atom. The molecule has 3 aromatic rings. The number of halogens is 1. The summed E-state index contributed by atoms with van der Waals surface area (Å²) in [6.45, 7) is 2.13. The molecule has 1 aliphatic rings. The van der Waals surface area contributed by atoms with Crippen LogP contribution in [0.25, 0.3) is 0 Å². The fourth-order valence-corrected chi connectivity index (χ4v) is 3.66. The molecule has 31 heavy (non-hydrogen) atoms. The number of amides is 1. The van der Waals surface area contributed by atoms with Crippen LogP contribution < -0.4 is 16.0 Å². The van der Waals surface area contributed by atoms with Crippen LogP contribution in [-0.4, -0.2) is 35.0 Å². The van der Waals surface area contributed by atoms with Gasteiger partial charge in [0, 0.05) is 57.1 Å². The number of nitrogens with zero attached hydrogens (tertiary/aromatic N) is 3. The van der Waals surface area contributed by atoms with Gasteiger partial charge in [-0.25, -0.2) is 4.98 Å². The lowest BCUT2D eigenvalue weighted by molar-refractivity contribution is -0.116. The van der Waals surface area contributed by atoms with Crippen molar-refractivity contribution in [1.29, 1.82) is 0 Å². The second kappa shape index (κ2) is 10.9. The van der Waals surface area contributed by atoms with Crippen LogP contribution in [0.3, 0.4) is 0 Å².